The van der Waals surface area contributed by atoms with Crippen molar-refractivity contribution in [2.45, 2.75) is 6.54 Å². The first kappa shape index (κ1) is 18.4. The summed E-state index contributed by atoms with van der Waals surface area (Å²) in [5.41, 5.74) is 4.24. The van der Waals surface area contributed by atoms with Gasteiger partial charge in [-0.2, -0.15) is 10.2 Å². The molecule has 0 unspecified atom stereocenters. The highest BCUT2D eigenvalue weighted by atomic mass is 79.9. The van der Waals surface area contributed by atoms with E-state index in [2.05, 4.69) is 36.5 Å². The molecule has 0 atom stereocenters. The van der Waals surface area contributed by atoms with Crippen molar-refractivity contribution in [1.29, 1.82) is 0 Å². The number of hydrazone groups is 1. The molecule has 0 fully saturated rings. The van der Waals surface area contributed by atoms with Crippen LogP contribution in [0.5, 0.6) is 0 Å². The number of pyridine rings is 1. The lowest BCUT2D eigenvalue weighted by Gasteiger charge is -2.01. The number of nitro benzene ring substituents is 1. The molecule has 0 aliphatic carbocycles. The summed E-state index contributed by atoms with van der Waals surface area (Å²) in [4.78, 5) is 26.4. The fraction of sp³-hybridized carbons (Fsp3) is 0.0588. The lowest BCUT2D eigenvalue weighted by atomic mass is 10.2. The Morgan fingerprint density at radius 3 is 2.63 bits per heavy atom. The fourth-order valence-electron chi connectivity index (χ4n) is 2.21. The molecule has 27 heavy (non-hydrogen) atoms. The van der Waals surface area contributed by atoms with Crippen molar-refractivity contribution in [2.24, 2.45) is 5.10 Å². The molecule has 2 aromatic heterocycles. The van der Waals surface area contributed by atoms with E-state index in [4.69, 9.17) is 0 Å². The number of carbonyl (C=O) groups is 1. The minimum atomic E-state index is -0.463. The number of carbonyl (C=O) groups excluding carboxylic acids is 1. The zero-order valence-electron chi connectivity index (χ0n) is 13.8. The number of nitro groups is 1. The molecule has 3 rings (SSSR count). The van der Waals surface area contributed by atoms with Gasteiger partial charge in [0, 0.05) is 30.7 Å². The van der Waals surface area contributed by atoms with Gasteiger partial charge in [-0.25, -0.2) is 5.43 Å². The number of non-ortho nitro benzene ring substituents is 1. The van der Waals surface area contributed by atoms with Gasteiger partial charge in [-0.15, -0.1) is 0 Å². The van der Waals surface area contributed by atoms with Gasteiger partial charge in [0.05, 0.1) is 22.2 Å². The van der Waals surface area contributed by atoms with Gasteiger partial charge in [-0.3, -0.25) is 24.6 Å². The van der Waals surface area contributed by atoms with E-state index < -0.39 is 10.8 Å². The monoisotopic (exact) mass is 428 g/mol. The first-order valence-corrected chi connectivity index (χ1v) is 8.52. The van der Waals surface area contributed by atoms with Gasteiger partial charge in [0.2, 0.25) is 0 Å². The van der Waals surface area contributed by atoms with Crippen LogP contribution in [-0.2, 0) is 6.54 Å². The number of hydrogen-bond acceptors (Lipinski definition) is 6. The highest BCUT2D eigenvalue weighted by molar-refractivity contribution is 9.10. The van der Waals surface area contributed by atoms with Crippen LogP contribution in [0.15, 0.2) is 64.6 Å². The van der Waals surface area contributed by atoms with Gasteiger partial charge >= 0.3 is 0 Å². The summed E-state index contributed by atoms with van der Waals surface area (Å²) >= 11 is 3.31. The molecule has 0 saturated carbocycles. The Hall–Kier alpha value is -3.40. The van der Waals surface area contributed by atoms with E-state index in [1.165, 1.54) is 18.3 Å². The van der Waals surface area contributed by atoms with Gasteiger partial charge < -0.3 is 0 Å². The molecule has 1 aromatic carbocycles. The molecule has 0 aliphatic rings. The summed E-state index contributed by atoms with van der Waals surface area (Å²) in [5.74, 6) is -0.463. The van der Waals surface area contributed by atoms with Crippen molar-refractivity contribution < 1.29 is 9.72 Å². The Bertz CT molecular complexity index is 986. The van der Waals surface area contributed by atoms with E-state index in [0.29, 0.717) is 11.0 Å². The predicted octanol–water partition coefficient (Wildman–Crippen LogP) is 2.76. The molecule has 0 saturated heterocycles. The van der Waals surface area contributed by atoms with Gasteiger partial charge in [-0.05, 0) is 39.2 Å². The van der Waals surface area contributed by atoms with Crippen LogP contribution in [0.1, 0.15) is 21.6 Å². The lowest BCUT2D eigenvalue weighted by Crippen LogP contribution is -2.19. The SMILES string of the molecule is O=C(NN=Cc1ccncc1)c1nn(Cc2ccc([N+](=O)[O-])cc2)cc1Br. The zero-order valence-corrected chi connectivity index (χ0v) is 15.4. The maximum absolute atomic E-state index is 12.2. The second-order valence-electron chi connectivity index (χ2n) is 5.43. The van der Waals surface area contributed by atoms with Crippen LogP contribution in [0.25, 0.3) is 0 Å². The second-order valence-corrected chi connectivity index (χ2v) is 6.28. The van der Waals surface area contributed by atoms with Crippen LogP contribution >= 0.6 is 15.9 Å². The third-order valence-corrected chi connectivity index (χ3v) is 4.09. The minimum Gasteiger partial charge on any atom is -0.266 e. The van der Waals surface area contributed by atoms with Crippen LogP contribution < -0.4 is 5.43 Å². The number of aromatic nitrogens is 3. The quantitative estimate of drug-likeness (QED) is 0.368. The van der Waals surface area contributed by atoms with Gasteiger partial charge in [0.1, 0.15) is 0 Å². The molecule has 9 nitrogen and oxygen atoms in total. The highest BCUT2D eigenvalue weighted by Crippen LogP contribution is 2.17. The number of nitrogens with one attached hydrogen (secondary N) is 1. The molecule has 136 valence electrons. The van der Waals surface area contributed by atoms with E-state index >= 15 is 0 Å². The average molecular weight is 429 g/mol. The Morgan fingerprint density at radius 1 is 1.26 bits per heavy atom. The van der Waals surface area contributed by atoms with Crippen molar-refractivity contribution in [3.8, 4) is 0 Å². The molecular weight excluding hydrogens is 416 g/mol. The molecular formula is C17H13BrN6O3. The second kappa shape index (κ2) is 8.32. The molecule has 3 aromatic rings. The van der Waals surface area contributed by atoms with Crippen LogP contribution in [0.3, 0.4) is 0 Å². The van der Waals surface area contributed by atoms with Crippen molar-refractivity contribution in [3.05, 3.63) is 86.4 Å². The van der Waals surface area contributed by atoms with E-state index in [9.17, 15) is 14.9 Å². The smallest absolute Gasteiger partial charge is 0.266 e. The van der Waals surface area contributed by atoms with Crippen LogP contribution in [0.2, 0.25) is 0 Å². The van der Waals surface area contributed by atoms with Gasteiger partial charge in [-0.1, -0.05) is 12.1 Å². The number of hydrogen-bond donors (Lipinski definition) is 1. The molecule has 2 heterocycles. The van der Waals surface area contributed by atoms with Crippen LogP contribution in [-0.4, -0.2) is 31.8 Å². The Kier molecular flexibility index (Phi) is 5.67. The van der Waals surface area contributed by atoms with E-state index in [-0.39, 0.29) is 11.4 Å². The number of benzene rings is 1. The summed E-state index contributed by atoms with van der Waals surface area (Å²) in [5, 5.41) is 18.8. The summed E-state index contributed by atoms with van der Waals surface area (Å²) in [6.07, 6.45) is 6.41. The third kappa shape index (κ3) is 4.82. The Labute approximate surface area is 162 Å². The van der Waals surface area contributed by atoms with Crippen molar-refractivity contribution in [1.82, 2.24) is 20.2 Å². The highest BCUT2D eigenvalue weighted by Gasteiger charge is 2.15. The van der Waals surface area contributed by atoms with Crippen LogP contribution in [0.4, 0.5) is 5.69 Å². The zero-order chi connectivity index (χ0) is 19.2. The molecule has 1 amide bonds. The van der Waals surface area contributed by atoms with Gasteiger partial charge in [0.15, 0.2) is 5.69 Å². The van der Waals surface area contributed by atoms with Gasteiger partial charge in [0.25, 0.3) is 11.6 Å². The molecule has 0 spiro atoms. The van der Waals surface area contributed by atoms with E-state index in [1.807, 2.05) is 0 Å². The first-order chi connectivity index (χ1) is 13.0. The summed E-state index contributed by atoms with van der Waals surface area (Å²) in [6, 6.07) is 9.65. The first-order valence-electron chi connectivity index (χ1n) is 7.72. The maximum atomic E-state index is 12.2. The largest absolute Gasteiger partial charge is 0.293 e. The molecule has 0 bridgehead atoms. The Balaban J connectivity index is 1.65. The maximum Gasteiger partial charge on any atom is 0.293 e. The van der Waals surface area contributed by atoms with Crippen LogP contribution in [0, 0.1) is 10.1 Å². The number of rotatable bonds is 6. The average Bonchev–Trinajstić information content (AvgIpc) is 3.03. The van der Waals surface area contributed by atoms with E-state index in [0.717, 1.165) is 11.1 Å². The lowest BCUT2D eigenvalue weighted by molar-refractivity contribution is -0.384. The fourth-order valence-corrected chi connectivity index (χ4v) is 2.71. The topological polar surface area (TPSA) is 115 Å². The summed E-state index contributed by atoms with van der Waals surface area (Å²) < 4.78 is 2.08. The standard InChI is InChI=1S/C17H13BrN6O3/c18-15-11-23(10-13-1-3-14(4-2-13)24(26)27)22-16(15)17(25)21-20-9-12-5-7-19-8-6-12/h1-9,11H,10H2,(H,21,25). The van der Waals surface area contributed by atoms with Crippen molar-refractivity contribution in [2.75, 3.05) is 0 Å². The summed E-state index contributed by atoms with van der Waals surface area (Å²) in [6.45, 7) is 0.365. The van der Waals surface area contributed by atoms with E-state index in [1.54, 1.807) is 47.5 Å². The molecule has 0 aliphatic heterocycles. The normalized spacial score (nSPS) is 10.9. The molecule has 0 radical (unpaired) electrons. The van der Waals surface area contributed by atoms with Crippen molar-refractivity contribution >= 4 is 33.7 Å². The third-order valence-electron chi connectivity index (χ3n) is 3.51. The minimum absolute atomic E-state index is 0.0209. The molecule has 1 N–H and O–H groups in total. The number of halogens is 1. The molecule has 10 heteroatoms. The number of amides is 1. The summed E-state index contributed by atoms with van der Waals surface area (Å²) in [7, 11) is 0. The predicted molar refractivity (Wildman–Crippen MR) is 101 cm³/mol. The number of nitrogens with zero attached hydrogens (tertiary/aromatic N) is 5. The Morgan fingerprint density at radius 2 is 1.96 bits per heavy atom. The van der Waals surface area contributed by atoms with Crippen molar-refractivity contribution in [3.63, 3.8) is 0 Å².